The van der Waals surface area contributed by atoms with E-state index in [1.54, 1.807) is 11.6 Å². The predicted molar refractivity (Wildman–Crippen MR) is 71.5 cm³/mol. The molecule has 1 aromatic heterocycles. The van der Waals surface area contributed by atoms with Crippen molar-refractivity contribution in [2.45, 2.75) is 26.8 Å². The number of carbonyl (C=O) groups is 1. The third kappa shape index (κ3) is 3.36. The van der Waals surface area contributed by atoms with Gasteiger partial charge in [0, 0.05) is 31.3 Å². The zero-order valence-electron chi connectivity index (χ0n) is 10.4. The van der Waals surface area contributed by atoms with Gasteiger partial charge in [-0.1, -0.05) is 0 Å². The number of hydrogen-bond acceptors (Lipinski definition) is 3. The second-order valence-electron chi connectivity index (χ2n) is 4.06. The average molecular weight is 254 g/mol. The monoisotopic (exact) mass is 254 g/mol. The number of carbonyl (C=O) groups excluding carboxylic acids is 1. The highest BCUT2D eigenvalue weighted by Crippen LogP contribution is 2.05. The first-order valence-corrected chi connectivity index (χ1v) is 6.14. The van der Waals surface area contributed by atoms with Gasteiger partial charge in [-0.25, -0.2) is 0 Å². The minimum atomic E-state index is -0.0815. The van der Waals surface area contributed by atoms with Crippen LogP contribution in [-0.2, 0) is 18.4 Å². The Hall–Kier alpha value is -1.23. The Kier molecular flexibility index (Phi) is 4.81. The van der Waals surface area contributed by atoms with Crippen molar-refractivity contribution in [3.63, 3.8) is 0 Å². The average Bonchev–Trinajstić information content (AvgIpc) is 2.26. The molecule has 1 heterocycles. The summed E-state index contributed by atoms with van der Waals surface area (Å²) in [7, 11) is 1.73. The molecule has 94 valence electrons. The van der Waals surface area contributed by atoms with Crippen LogP contribution >= 0.6 is 12.6 Å². The molecule has 0 aliphatic carbocycles. The van der Waals surface area contributed by atoms with Gasteiger partial charge in [0.15, 0.2) is 0 Å². The van der Waals surface area contributed by atoms with Gasteiger partial charge in [0.25, 0.3) is 5.56 Å². The van der Waals surface area contributed by atoms with Crippen molar-refractivity contribution < 1.29 is 4.79 Å². The Morgan fingerprint density at radius 1 is 1.47 bits per heavy atom. The molecule has 1 N–H and O–H groups in total. The van der Waals surface area contributed by atoms with E-state index in [0.29, 0.717) is 17.7 Å². The van der Waals surface area contributed by atoms with Crippen molar-refractivity contribution in [1.29, 1.82) is 0 Å². The molecule has 0 spiro atoms. The van der Waals surface area contributed by atoms with E-state index in [2.05, 4.69) is 17.9 Å². The van der Waals surface area contributed by atoms with Crippen molar-refractivity contribution in [2.75, 3.05) is 5.75 Å². The molecular weight excluding hydrogens is 236 g/mol. The molecule has 4 nitrogen and oxygen atoms in total. The molecular formula is C12H18N2O2S. The Labute approximate surface area is 106 Å². The minimum absolute atomic E-state index is 0.0475. The number of nitrogens with zero attached hydrogens (tertiary/aromatic N) is 1. The highest BCUT2D eigenvalue weighted by atomic mass is 32.1. The number of hydrogen-bond donors (Lipinski definition) is 2. The van der Waals surface area contributed by atoms with Crippen LogP contribution < -0.4 is 10.9 Å². The summed E-state index contributed by atoms with van der Waals surface area (Å²) in [5.41, 5.74) is 2.42. The molecule has 0 radical (unpaired) electrons. The van der Waals surface area contributed by atoms with Crippen LogP contribution in [0.15, 0.2) is 10.9 Å². The Bertz CT molecular complexity index is 480. The number of aryl methyl sites for hydroxylation is 2. The van der Waals surface area contributed by atoms with E-state index >= 15 is 0 Å². The summed E-state index contributed by atoms with van der Waals surface area (Å²) in [6.07, 6.45) is 0.369. The zero-order valence-corrected chi connectivity index (χ0v) is 11.3. The largest absolute Gasteiger partial charge is 0.352 e. The molecule has 0 bridgehead atoms. The Morgan fingerprint density at radius 3 is 2.71 bits per heavy atom. The lowest BCUT2D eigenvalue weighted by Gasteiger charge is -2.11. The van der Waals surface area contributed by atoms with E-state index in [1.807, 2.05) is 19.9 Å². The van der Waals surface area contributed by atoms with Gasteiger partial charge in [-0.15, -0.1) is 0 Å². The van der Waals surface area contributed by atoms with Crippen LogP contribution in [0, 0.1) is 13.8 Å². The summed E-state index contributed by atoms with van der Waals surface area (Å²) in [5.74, 6) is 0.429. The third-order valence-corrected chi connectivity index (χ3v) is 3.02. The van der Waals surface area contributed by atoms with Crippen molar-refractivity contribution >= 4 is 18.5 Å². The molecule has 0 aliphatic rings. The second kappa shape index (κ2) is 5.91. The molecule has 0 unspecified atom stereocenters. The fourth-order valence-electron chi connectivity index (χ4n) is 1.62. The maximum atomic E-state index is 12.0. The summed E-state index contributed by atoms with van der Waals surface area (Å²) in [6, 6.07) is 1.95. The van der Waals surface area contributed by atoms with Gasteiger partial charge in [0.2, 0.25) is 5.91 Å². The number of thiol groups is 1. The number of amides is 1. The van der Waals surface area contributed by atoms with Crippen LogP contribution in [0.25, 0.3) is 0 Å². The standard InChI is InChI=1S/C12H18N2O2S/c1-8-6-9(2)14(3)12(16)10(8)7-13-11(15)4-5-17/h6,17H,4-5,7H2,1-3H3,(H,13,15). The second-order valence-corrected chi connectivity index (χ2v) is 4.51. The zero-order chi connectivity index (χ0) is 13.0. The number of rotatable bonds is 4. The topological polar surface area (TPSA) is 51.1 Å². The SMILES string of the molecule is Cc1cc(C)n(C)c(=O)c1CNC(=O)CCS. The van der Waals surface area contributed by atoms with Gasteiger partial charge < -0.3 is 9.88 Å². The molecule has 0 saturated heterocycles. The summed E-state index contributed by atoms with van der Waals surface area (Å²) >= 11 is 3.98. The first kappa shape index (κ1) is 13.8. The fraction of sp³-hybridized carbons (Fsp3) is 0.500. The predicted octanol–water partition coefficient (Wildman–Crippen LogP) is 0.938. The minimum Gasteiger partial charge on any atom is -0.352 e. The summed E-state index contributed by atoms with van der Waals surface area (Å²) in [4.78, 5) is 23.3. The fourth-order valence-corrected chi connectivity index (χ4v) is 1.82. The highest BCUT2D eigenvalue weighted by molar-refractivity contribution is 7.80. The van der Waals surface area contributed by atoms with E-state index in [1.165, 1.54) is 0 Å². The molecule has 0 aliphatic heterocycles. The third-order valence-electron chi connectivity index (χ3n) is 2.79. The lowest BCUT2D eigenvalue weighted by molar-refractivity contribution is -0.120. The van der Waals surface area contributed by atoms with Crippen LogP contribution in [0.3, 0.4) is 0 Å². The van der Waals surface area contributed by atoms with Crippen LogP contribution in [0.1, 0.15) is 23.2 Å². The summed E-state index contributed by atoms with van der Waals surface area (Å²) in [6.45, 7) is 4.05. The first-order chi connectivity index (χ1) is 7.97. The smallest absolute Gasteiger partial charge is 0.255 e. The molecule has 0 saturated carbocycles. The van der Waals surface area contributed by atoms with E-state index < -0.39 is 0 Å². The highest BCUT2D eigenvalue weighted by Gasteiger charge is 2.09. The molecule has 5 heteroatoms. The van der Waals surface area contributed by atoms with Crippen molar-refractivity contribution in [2.24, 2.45) is 7.05 Å². The van der Waals surface area contributed by atoms with Gasteiger partial charge in [0.1, 0.15) is 0 Å². The van der Waals surface area contributed by atoms with Gasteiger partial charge in [0.05, 0.1) is 0 Å². The summed E-state index contributed by atoms with van der Waals surface area (Å²) < 4.78 is 1.59. The van der Waals surface area contributed by atoms with Crippen molar-refractivity contribution in [3.05, 3.63) is 33.2 Å². The maximum absolute atomic E-state index is 12.0. The Morgan fingerprint density at radius 2 is 2.12 bits per heavy atom. The molecule has 1 amide bonds. The number of aromatic nitrogens is 1. The van der Waals surface area contributed by atoms with Crippen molar-refractivity contribution in [3.8, 4) is 0 Å². The number of nitrogens with one attached hydrogen (secondary N) is 1. The Balaban J connectivity index is 2.89. The van der Waals surface area contributed by atoms with Gasteiger partial charge in [-0.2, -0.15) is 12.6 Å². The van der Waals surface area contributed by atoms with E-state index in [9.17, 15) is 9.59 Å². The normalized spacial score (nSPS) is 10.4. The molecule has 0 atom stereocenters. The van der Waals surface area contributed by atoms with E-state index in [4.69, 9.17) is 0 Å². The number of pyridine rings is 1. The van der Waals surface area contributed by atoms with Crippen LogP contribution in [0.2, 0.25) is 0 Å². The molecule has 17 heavy (non-hydrogen) atoms. The quantitative estimate of drug-likeness (QED) is 0.786. The maximum Gasteiger partial charge on any atom is 0.255 e. The van der Waals surface area contributed by atoms with E-state index in [0.717, 1.165) is 11.3 Å². The summed E-state index contributed by atoms with van der Waals surface area (Å²) in [5, 5.41) is 2.73. The van der Waals surface area contributed by atoms with Crippen LogP contribution in [0.5, 0.6) is 0 Å². The molecule has 1 aromatic rings. The van der Waals surface area contributed by atoms with E-state index in [-0.39, 0.29) is 18.0 Å². The van der Waals surface area contributed by atoms with Gasteiger partial charge in [-0.05, 0) is 31.2 Å². The van der Waals surface area contributed by atoms with Crippen LogP contribution in [0.4, 0.5) is 0 Å². The van der Waals surface area contributed by atoms with Crippen molar-refractivity contribution in [1.82, 2.24) is 9.88 Å². The van der Waals surface area contributed by atoms with Crippen LogP contribution in [-0.4, -0.2) is 16.2 Å². The lowest BCUT2D eigenvalue weighted by atomic mass is 10.1. The first-order valence-electron chi connectivity index (χ1n) is 5.51. The molecule has 1 rings (SSSR count). The van der Waals surface area contributed by atoms with Gasteiger partial charge in [-0.3, -0.25) is 9.59 Å². The molecule has 0 aromatic carbocycles. The molecule has 0 fully saturated rings. The lowest BCUT2D eigenvalue weighted by Crippen LogP contribution is -2.30. The van der Waals surface area contributed by atoms with Gasteiger partial charge >= 0.3 is 0 Å².